The van der Waals surface area contributed by atoms with E-state index < -0.39 is 7.75 Å². The molecule has 0 amide bonds. The monoisotopic (exact) mass is 167 g/mol. The normalized spacial score (nSPS) is 13.4. The summed E-state index contributed by atoms with van der Waals surface area (Å²) < 4.78 is 11.0. The first kappa shape index (κ1) is 9.42. The quantitative estimate of drug-likeness (QED) is 0.263. The van der Waals surface area contributed by atoms with Crippen LogP contribution in [0.25, 0.3) is 0 Å². The van der Waals surface area contributed by atoms with E-state index in [1.165, 1.54) is 14.1 Å². The smallest absolute Gasteiger partial charge is 0.369 e. The Balaban J connectivity index is 4.38. The molecule has 0 heterocycles. The molecule has 0 aliphatic heterocycles. The van der Waals surface area contributed by atoms with Crippen LogP contribution >= 0.6 is 7.75 Å². The van der Waals surface area contributed by atoms with Gasteiger partial charge in [-0.05, 0) is 0 Å². The fourth-order valence-corrected chi connectivity index (χ4v) is 0.635. The summed E-state index contributed by atoms with van der Waals surface area (Å²) in [5.74, 6) is -0.187. The highest BCUT2D eigenvalue weighted by molar-refractivity contribution is 7.49. The Bertz CT molecular complexity index is 185. The largest absolute Gasteiger partial charge is 0.432 e. The number of rotatable bonds is 1. The highest BCUT2D eigenvalue weighted by Crippen LogP contribution is 2.37. The van der Waals surface area contributed by atoms with Gasteiger partial charge in [0.15, 0.2) is 5.96 Å². The van der Waals surface area contributed by atoms with E-state index in [0.29, 0.717) is 4.67 Å². The van der Waals surface area contributed by atoms with Gasteiger partial charge in [0.1, 0.15) is 0 Å². The zero-order chi connectivity index (χ0) is 8.36. The lowest BCUT2D eigenvalue weighted by Gasteiger charge is -2.17. The Morgan fingerprint density at radius 3 is 2.20 bits per heavy atom. The molecule has 7 heteroatoms. The molecule has 0 unspecified atom stereocenters. The molecular formula is C3H10N3O3P. The lowest BCUT2D eigenvalue weighted by molar-refractivity contribution is 0.328. The number of aliphatic imine (C=N–C) groups is 1. The Hall–Kier alpha value is -0.580. The minimum atomic E-state index is -4.25. The predicted octanol–water partition coefficient (Wildman–Crippen LogP) is -1.04. The van der Waals surface area contributed by atoms with Crippen LogP contribution in [0.2, 0.25) is 0 Å². The minimum absolute atomic E-state index is 0.187. The maximum atomic E-state index is 10.4. The molecule has 0 saturated heterocycles. The Labute approximate surface area is 58.6 Å². The van der Waals surface area contributed by atoms with Crippen molar-refractivity contribution in [2.24, 2.45) is 10.7 Å². The lowest BCUT2D eigenvalue weighted by atomic mass is 11.0. The van der Waals surface area contributed by atoms with E-state index >= 15 is 0 Å². The number of nitrogens with zero attached hydrogens (tertiary/aromatic N) is 2. The lowest BCUT2D eigenvalue weighted by Crippen LogP contribution is -2.30. The number of nitrogens with two attached hydrogens (primary N) is 1. The summed E-state index contributed by atoms with van der Waals surface area (Å²) in [6.07, 6.45) is 0. The van der Waals surface area contributed by atoms with Gasteiger partial charge in [-0.3, -0.25) is 9.66 Å². The van der Waals surface area contributed by atoms with Gasteiger partial charge in [-0.15, -0.1) is 0 Å². The van der Waals surface area contributed by atoms with Gasteiger partial charge in [0.2, 0.25) is 0 Å². The van der Waals surface area contributed by atoms with E-state index in [9.17, 15) is 4.57 Å². The van der Waals surface area contributed by atoms with Gasteiger partial charge >= 0.3 is 7.75 Å². The van der Waals surface area contributed by atoms with Gasteiger partial charge in [-0.1, -0.05) is 0 Å². The van der Waals surface area contributed by atoms with E-state index in [2.05, 4.69) is 4.99 Å². The molecule has 0 atom stereocenters. The van der Waals surface area contributed by atoms with Crippen LogP contribution in [0.3, 0.4) is 0 Å². The third-order valence-electron chi connectivity index (χ3n) is 0.951. The first-order chi connectivity index (χ1) is 4.39. The van der Waals surface area contributed by atoms with Crippen LogP contribution in [0.4, 0.5) is 0 Å². The molecule has 0 aliphatic rings. The molecule has 4 N–H and O–H groups in total. The average Bonchev–Trinajstić information content (AvgIpc) is 1.83. The molecule has 10 heavy (non-hydrogen) atoms. The summed E-state index contributed by atoms with van der Waals surface area (Å²) in [6.45, 7) is 0. The van der Waals surface area contributed by atoms with Gasteiger partial charge in [0.05, 0.1) is 0 Å². The first-order valence-electron chi connectivity index (χ1n) is 2.41. The van der Waals surface area contributed by atoms with Crippen LogP contribution in [0, 0.1) is 0 Å². The Morgan fingerprint density at radius 1 is 1.70 bits per heavy atom. The second kappa shape index (κ2) is 3.01. The summed E-state index contributed by atoms with van der Waals surface area (Å²) in [4.78, 5) is 20.3. The van der Waals surface area contributed by atoms with Crippen molar-refractivity contribution >= 4 is 13.7 Å². The van der Waals surface area contributed by atoms with Crippen molar-refractivity contribution in [3.05, 3.63) is 0 Å². The molecule has 0 rings (SSSR count). The molecule has 60 valence electrons. The van der Waals surface area contributed by atoms with E-state index in [0.717, 1.165) is 0 Å². The fourth-order valence-electron chi connectivity index (χ4n) is 0.278. The van der Waals surface area contributed by atoms with Crippen molar-refractivity contribution in [3.63, 3.8) is 0 Å². The van der Waals surface area contributed by atoms with Gasteiger partial charge < -0.3 is 15.5 Å². The molecule has 0 bridgehead atoms. The number of hydrogen-bond acceptors (Lipinski definition) is 2. The minimum Gasteiger partial charge on any atom is -0.369 e. The highest BCUT2D eigenvalue weighted by atomic mass is 31.2. The van der Waals surface area contributed by atoms with Gasteiger partial charge in [-0.25, -0.2) is 4.57 Å². The van der Waals surface area contributed by atoms with Crippen molar-refractivity contribution in [3.8, 4) is 0 Å². The van der Waals surface area contributed by atoms with E-state index in [1.807, 2.05) is 0 Å². The van der Waals surface area contributed by atoms with Crippen LogP contribution < -0.4 is 5.73 Å². The number of hydrogen-bond donors (Lipinski definition) is 3. The fraction of sp³-hybridized carbons (Fsp3) is 0.667. The van der Waals surface area contributed by atoms with E-state index in [4.69, 9.17) is 15.5 Å². The van der Waals surface area contributed by atoms with Crippen molar-refractivity contribution < 1.29 is 14.4 Å². The van der Waals surface area contributed by atoms with Crippen molar-refractivity contribution in [2.45, 2.75) is 0 Å². The van der Waals surface area contributed by atoms with Crippen LogP contribution in [-0.2, 0) is 4.57 Å². The first-order valence-corrected chi connectivity index (χ1v) is 3.98. The molecule has 0 spiro atoms. The third kappa shape index (κ3) is 2.34. The number of guanidine groups is 1. The average molecular weight is 167 g/mol. The molecule has 0 aromatic carbocycles. The molecule has 0 fully saturated rings. The summed E-state index contributed by atoms with van der Waals surface area (Å²) >= 11 is 0. The molecule has 0 aromatic heterocycles. The molecule has 6 nitrogen and oxygen atoms in total. The summed E-state index contributed by atoms with van der Waals surface area (Å²) in [5.41, 5.74) is 5.09. The van der Waals surface area contributed by atoms with E-state index in [-0.39, 0.29) is 5.96 Å². The predicted molar refractivity (Wildman–Crippen MR) is 37.4 cm³/mol. The second-order valence-corrected chi connectivity index (χ2v) is 3.25. The van der Waals surface area contributed by atoms with Crippen molar-refractivity contribution in [1.29, 1.82) is 0 Å². The highest BCUT2D eigenvalue weighted by Gasteiger charge is 2.22. The zero-order valence-corrected chi connectivity index (χ0v) is 6.62. The van der Waals surface area contributed by atoms with Crippen LogP contribution in [0.5, 0.6) is 0 Å². The third-order valence-corrected chi connectivity index (χ3v) is 1.94. The van der Waals surface area contributed by atoms with E-state index in [1.54, 1.807) is 0 Å². The summed E-state index contributed by atoms with van der Waals surface area (Å²) in [6, 6.07) is 0. The van der Waals surface area contributed by atoms with Crippen LogP contribution in [-0.4, -0.2) is 34.5 Å². The molecule has 0 saturated carbocycles. The summed E-state index contributed by atoms with van der Waals surface area (Å²) in [7, 11) is -1.73. The van der Waals surface area contributed by atoms with Crippen LogP contribution in [0.1, 0.15) is 0 Å². The van der Waals surface area contributed by atoms with Crippen molar-refractivity contribution in [2.75, 3.05) is 14.1 Å². The van der Waals surface area contributed by atoms with Crippen molar-refractivity contribution in [1.82, 2.24) is 4.67 Å². The maximum absolute atomic E-state index is 10.4. The maximum Gasteiger partial charge on any atom is 0.432 e. The molecule has 0 aromatic rings. The second-order valence-electron chi connectivity index (χ2n) is 1.62. The molecule has 0 aliphatic carbocycles. The van der Waals surface area contributed by atoms with Crippen LogP contribution in [0.15, 0.2) is 4.99 Å². The molecule has 0 radical (unpaired) electrons. The van der Waals surface area contributed by atoms with Gasteiger partial charge in [0, 0.05) is 14.1 Å². The Kier molecular flexibility index (Phi) is 2.83. The Morgan fingerprint density at radius 2 is 2.10 bits per heavy atom. The standard InChI is InChI=1S/C3H10N3O3P/c1-5-3(4)6(2)10(7,8)9/h1-2H3,(H2,4,5)(H2,7,8,9). The zero-order valence-electron chi connectivity index (χ0n) is 5.72. The van der Waals surface area contributed by atoms with Gasteiger partial charge in [0.25, 0.3) is 0 Å². The topological polar surface area (TPSA) is 99.2 Å². The molecular weight excluding hydrogens is 157 g/mol. The SMILES string of the molecule is CN=C(N)N(C)P(=O)(O)O. The van der Waals surface area contributed by atoms with Gasteiger partial charge in [-0.2, -0.15) is 0 Å². The summed E-state index contributed by atoms with van der Waals surface area (Å²) in [5, 5.41) is 0.